The van der Waals surface area contributed by atoms with E-state index in [-0.39, 0.29) is 17.1 Å². The van der Waals surface area contributed by atoms with Gasteiger partial charge in [-0.1, -0.05) is 56.5 Å². The zero-order valence-electron chi connectivity index (χ0n) is 46.8. The number of hydrogen-bond donors (Lipinski definition) is 4. The minimum absolute atomic E-state index is 0.227. The van der Waals surface area contributed by atoms with Crippen molar-refractivity contribution in [3.05, 3.63) is 123 Å². The minimum atomic E-state index is -1.81. The highest BCUT2D eigenvalue weighted by Crippen LogP contribution is 2.21. The second-order valence-electron chi connectivity index (χ2n) is 15.7. The predicted molar refractivity (Wildman–Crippen MR) is 304 cm³/mol. The van der Waals surface area contributed by atoms with Crippen molar-refractivity contribution in [1.29, 1.82) is 0 Å². The third-order valence-electron chi connectivity index (χ3n) is 9.27. The van der Waals surface area contributed by atoms with E-state index in [2.05, 4.69) is 79.4 Å². The van der Waals surface area contributed by atoms with Gasteiger partial charge in [0.1, 0.15) is 0 Å². The summed E-state index contributed by atoms with van der Waals surface area (Å²) in [7, 11) is 9.94. The molecular formula is C51H90O18S2Si3. The SMILES string of the molecule is C=C(O)OC(=O)C(=C)C.C=C(O)OC(=O)C(=C)C.C=C(O)OC(=O)C(C)CSc1ccccc1.COCCC[Si](C)(OC)OC.COCCC[Si](C)(OC)OC.COCCC[Si](C)(OC)OC.Sc1ccccc1. The number of thioether (sulfide) groups is 1. The Labute approximate surface area is 456 Å². The first-order valence-electron chi connectivity index (χ1n) is 22.9. The molecule has 2 rings (SSSR count). The Balaban J connectivity index is -0.000000254. The smallest absolute Gasteiger partial charge is 0.340 e. The van der Waals surface area contributed by atoms with Gasteiger partial charge < -0.3 is 70.3 Å². The van der Waals surface area contributed by atoms with Crippen LogP contribution in [0.25, 0.3) is 0 Å². The molecule has 0 aliphatic rings. The van der Waals surface area contributed by atoms with Crippen molar-refractivity contribution in [1.82, 2.24) is 0 Å². The first kappa shape index (κ1) is 78.8. The number of carbonyl (C=O) groups is 3. The summed E-state index contributed by atoms with van der Waals surface area (Å²) < 4.78 is 59.4. The molecule has 0 spiro atoms. The van der Waals surface area contributed by atoms with Crippen LogP contribution in [0.4, 0.5) is 0 Å². The number of methoxy groups -OCH3 is 3. The van der Waals surface area contributed by atoms with E-state index in [4.69, 9.17) is 56.1 Å². The van der Waals surface area contributed by atoms with Crippen LogP contribution in [0, 0.1) is 5.92 Å². The van der Waals surface area contributed by atoms with E-state index in [1.54, 1.807) is 82.7 Å². The third-order valence-corrected chi connectivity index (χ3v) is 19.8. The van der Waals surface area contributed by atoms with Gasteiger partial charge in [-0.25, -0.2) is 9.59 Å². The number of rotatable bonds is 27. The first-order valence-corrected chi connectivity index (χ1v) is 31.9. The van der Waals surface area contributed by atoms with Crippen LogP contribution in [0.3, 0.4) is 0 Å². The number of aliphatic hydroxyl groups is 3. The number of ether oxygens (including phenoxy) is 6. The number of aliphatic hydroxyl groups excluding tert-OH is 3. The topological polar surface area (TPSA) is 223 Å². The van der Waals surface area contributed by atoms with Gasteiger partial charge in [0, 0.05) is 110 Å². The largest absolute Gasteiger partial charge is 0.481 e. The molecular weight excluding hydrogens is 1050 g/mol. The van der Waals surface area contributed by atoms with E-state index in [1.165, 1.54) is 13.8 Å². The van der Waals surface area contributed by atoms with E-state index < -0.39 is 61.4 Å². The van der Waals surface area contributed by atoms with Crippen molar-refractivity contribution in [3.8, 4) is 0 Å². The van der Waals surface area contributed by atoms with Crippen molar-refractivity contribution in [2.24, 2.45) is 5.92 Å². The van der Waals surface area contributed by atoms with Gasteiger partial charge in [-0.15, -0.1) is 24.4 Å². The zero-order valence-corrected chi connectivity index (χ0v) is 51.5. The Bertz CT molecular complexity index is 1700. The molecule has 2 aromatic rings. The Morgan fingerprint density at radius 3 is 1.01 bits per heavy atom. The number of thiol groups is 1. The standard InChI is InChI=1S/C12H14O3S.3C7H18O3Si.2C6H8O3.C6H6S/c1-9(12(14)15-10(2)13)8-16-11-6-4-3-5-7-11;3*1-8-6-5-7-11(4,9-2)10-3;2*1-4(2)6(8)9-5(3)7;7-6-4-2-1-3-5-6/h3-7,9,13H,2,8H2,1H3;3*5-7H2,1-4H3;2*7H,1,3H2,2H3;1-5,7H. The summed E-state index contributed by atoms with van der Waals surface area (Å²) in [4.78, 5) is 34.3. The molecule has 1 atom stereocenters. The lowest BCUT2D eigenvalue weighted by atomic mass is 10.2. The summed E-state index contributed by atoms with van der Waals surface area (Å²) in [6.45, 7) is 28.8. The fourth-order valence-electron chi connectivity index (χ4n) is 4.31. The molecule has 0 aliphatic carbocycles. The van der Waals surface area contributed by atoms with E-state index >= 15 is 0 Å². The number of esters is 3. The van der Waals surface area contributed by atoms with Crippen LogP contribution in [0.2, 0.25) is 37.8 Å². The van der Waals surface area contributed by atoms with Crippen molar-refractivity contribution in [2.45, 2.75) is 87.6 Å². The van der Waals surface area contributed by atoms with Crippen LogP contribution in [0.15, 0.2) is 132 Å². The van der Waals surface area contributed by atoms with Crippen molar-refractivity contribution >= 4 is 68.0 Å². The normalized spacial score (nSPS) is 10.7. The molecule has 23 heteroatoms. The number of carbonyl (C=O) groups excluding carboxylic acids is 3. The molecule has 74 heavy (non-hydrogen) atoms. The summed E-state index contributed by atoms with van der Waals surface area (Å²) in [5.74, 6) is -3.24. The second-order valence-corrected chi connectivity index (χ2v) is 28.1. The van der Waals surface area contributed by atoms with Gasteiger partial charge in [-0.2, -0.15) is 0 Å². The lowest BCUT2D eigenvalue weighted by Crippen LogP contribution is -2.36. The fourth-order valence-corrected chi connectivity index (χ4v) is 9.50. The molecule has 1 unspecified atom stereocenters. The van der Waals surface area contributed by atoms with Crippen LogP contribution in [-0.2, 0) is 69.4 Å². The Morgan fingerprint density at radius 1 is 0.527 bits per heavy atom. The van der Waals surface area contributed by atoms with Gasteiger partial charge in [0.2, 0.25) is 0 Å². The summed E-state index contributed by atoms with van der Waals surface area (Å²) in [6.07, 6.45) is 3.04. The van der Waals surface area contributed by atoms with Crippen molar-refractivity contribution in [3.63, 3.8) is 0 Å². The Kier molecular flexibility index (Phi) is 53.0. The highest BCUT2D eigenvalue weighted by Gasteiger charge is 2.29. The maximum Gasteiger partial charge on any atom is 0.340 e. The van der Waals surface area contributed by atoms with E-state index in [0.717, 1.165) is 67.0 Å². The van der Waals surface area contributed by atoms with Gasteiger partial charge in [0.25, 0.3) is 17.8 Å². The maximum absolute atomic E-state index is 11.3. The molecule has 0 amide bonds. The average Bonchev–Trinajstić information content (AvgIpc) is 3.36. The van der Waals surface area contributed by atoms with Crippen molar-refractivity contribution in [2.75, 3.05) is 89.6 Å². The molecule has 0 saturated heterocycles. The summed E-state index contributed by atoms with van der Waals surface area (Å²) in [5.41, 5.74) is 0.454. The van der Waals surface area contributed by atoms with Gasteiger partial charge in [0.15, 0.2) is 0 Å². The van der Waals surface area contributed by atoms with Crippen LogP contribution in [0.5, 0.6) is 0 Å². The highest BCUT2D eigenvalue weighted by atomic mass is 32.2. The second kappa shape index (κ2) is 49.8. The van der Waals surface area contributed by atoms with Crippen LogP contribution < -0.4 is 0 Å². The molecule has 426 valence electrons. The summed E-state index contributed by atoms with van der Waals surface area (Å²) in [6, 6.07) is 22.6. The highest BCUT2D eigenvalue weighted by molar-refractivity contribution is 7.99. The number of hydrogen-bond acceptors (Lipinski definition) is 20. The molecule has 0 saturated carbocycles. The number of benzene rings is 2. The average molecular weight is 1140 g/mol. The first-order chi connectivity index (χ1) is 34.6. The minimum Gasteiger partial charge on any atom is -0.481 e. The van der Waals surface area contributed by atoms with Gasteiger partial charge in [0.05, 0.1) is 5.92 Å². The maximum atomic E-state index is 11.3. The molecule has 0 radical (unpaired) electrons. The monoisotopic (exact) mass is 1140 g/mol. The van der Waals surface area contributed by atoms with Crippen molar-refractivity contribution < 1.29 is 84.7 Å². The zero-order chi connectivity index (χ0) is 58.2. The molecule has 0 bridgehead atoms. The van der Waals surface area contributed by atoms with E-state index in [1.807, 2.05) is 60.7 Å². The van der Waals surface area contributed by atoms with Gasteiger partial charge in [-0.3, -0.25) is 4.79 Å². The Morgan fingerprint density at radius 2 is 0.811 bits per heavy atom. The van der Waals surface area contributed by atoms with Crippen LogP contribution >= 0.6 is 24.4 Å². The Hall–Kier alpha value is -4.06. The van der Waals surface area contributed by atoms with Crippen LogP contribution in [0.1, 0.15) is 40.0 Å². The summed E-state index contributed by atoms with van der Waals surface area (Å²) in [5, 5.41) is 25.3. The molecule has 2 aromatic carbocycles. The molecule has 0 aromatic heterocycles. The van der Waals surface area contributed by atoms with Gasteiger partial charge >= 0.3 is 43.6 Å². The van der Waals surface area contributed by atoms with E-state index in [9.17, 15) is 14.4 Å². The quantitative estimate of drug-likeness (QED) is 0.00954. The fraction of sp³-hybridized carbons (Fsp3) is 0.510. The third kappa shape index (κ3) is 51.4. The lowest BCUT2D eigenvalue weighted by Gasteiger charge is -2.22. The molecule has 18 nitrogen and oxygen atoms in total. The van der Waals surface area contributed by atoms with Gasteiger partial charge in [-0.05, 0) is 115 Å². The predicted octanol–water partition coefficient (Wildman–Crippen LogP) is 11.4. The lowest BCUT2D eigenvalue weighted by molar-refractivity contribution is -0.146. The van der Waals surface area contributed by atoms with Crippen LogP contribution in [-0.4, -0.2) is 148 Å². The molecule has 3 N–H and O–H groups in total. The molecule has 0 heterocycles. The summed E-state index contributed by atoms with van der Waals surface area (Å²) >= 11 is 5.66. The molecule has 0 fully saturated rings. The molecule has 0 aliphatic heterocycles. The van der Waals surface area contributed by atoms with E-state index in [0.29, 0.717) is 5.75 Å².